The third kappa shape index (κ3) is 10.5. The van der Waals surface area contributed by atoms with Gasteiger partial charge in [0.05, 0.1) is 5.56 Å². The van der Waals surface area contributed by atoms with Crippen LogP contribution >= 0.6 is 0 Å². The van der Waals surface area contributed by atoms with Crippen LogP contribution in [0.25, 0.3) is 0 Å². The fraction of sp³-hybridized carbons (Fsp3) is 0.696. The van der Waals surface area contributed by atoms with Crippen LogP contribution in [-0.2, 0) is 4.74 Å². The molecule has 0 aliphatic rings. The van der Waals surface area contributed by atoms with E-state index in [9.17, 15) is 9.90 Å². The van der Waals surface area contributed by atoms with Gasteiger partial charge in [-0.3, -0.25) is 0 Å². The van der Waals surface area contributed by atoms with Crippen LogP contribution in [0.15, 0.2) is 24.3 Å². The Morgan fingerprint density at radius 2 is 1.27 bits per heavy atom. The number of unbranched alkanes of at least 4 members (excludes halogenated alkanes) is 9. The zero-order valence-electron chi connectivity index (χ0n) is 16.8. The summed E-state index contributed by atoms with van der Waals surface area (Å²) in [6, 6.07) is 6.30. The number of esters is 1. The number of carbonyl (C=O) groups excluding carboxylic acids is 1. The number of hydrogen-bond acceptors (Lipinski definition) is 3. The van der Waals surface area contributed by atoms with Crippen LogP contribution in [-0.4, -0.2) is 17.2 Å². The molecular formula is C23H38O3. The zero-order chi connectivity index (χ0) is 19.0. The lowest BCUT2D eigenvalue weighted by atomic mass is 10.0. The number of carbonyl (C=O) groups is 1. The van der Waals surface area contributed by atoms with E-state index >= 15 is 0 Å². The summed E-state index contributed by atoms with van der Waals surface area (Å²) in [5, 5.41) is 9.35. The maximum absolute atomic E-state index is 12.3. The number of phenolic OH excluding ortho intramolecular Hbond substituents is 1. The first kappa shape index (κ1) is 22.5. The van der Waals surface area contributed by atoms with Gasteiger partial charge in [-0.25, -0.2) is 4.79 Å². The molecular weight excluding hydrogens is 324 g/mol. The number of aromatic hydroxyl groups is 1. The topological polar surface area (TPSA) is 46.5 Å². The van der Waals surface area contributed by atoms with E-state index < -0.39 is 0 Å². The van der Waals surface area contributed by atoms with E-state index in [1.807, 2.05) is 0 Å². The second-order valence-corrected chi connectivity index (χ2v) is 7.33. The van der Waals surface area contributed by atoms with Gasteiger partial charge in [0.1, 0.15) is 11.9 Å². The Labute approximate surface area is 160 Å². The first-order valence-electron chi connectivity index (χ1n) is 10.7. The minimum atomic E-state index is -0.272. The summed E-state index contributed by atoms with van der Waals surface area (Å²) >= 11 is 0. The van der Waals surface area contributed by atoms with Crippen molar-refractivity contribution in [2.75, 3.05) is 0 Å². The smallest absolute Gasteiger partial charge is 0.338 e. The third-order valence-electron chi connectivity index (χ3n) is 4.89. The largest absolute Gasteiger partial charge is 0.508 e. The molecule has 3 heteroatoms. The number of hydrogen-bond donors (Lipinski definition) is 1. The molecule has 0 amide bonds. The average Bonchev–Trinajstić information content (AvgIpc) is 2.64. The number of ether oxygens (including phenoxy) is 1. The highest BCUT2D eigenvalue weighted by atomic mass is 16.5. The molecule has 1 unspecified atom stereocenters. The van der Waals surface area contributed by atoms with Crippen LogP contribution in [0.2, 0.25) is 0 Å². The van der Waals surface area contributed by atoms with Crippen molar-refractivity contribution in [2.24, 2.45) is 0 Å². The minimum Gasteiger partial charge on any atom is -0.508 e. The molecule has 0 heterocycles. The van der Waals surface area contributed by atoms with Crippen LogP contribution in [0.1, 0.15) is 108 Å². The Bertz CT molecular complexity index is 467. The Hall–Kier alpha value is -1.51. The van der Waals surface area contributed by atoms with E-state index in [-0.39, 0.29) is 17.8 Å². The molecule has 1 atom stereocenters. The van der Waals surface area contributed by atoms with Crippen molar-refractivity contribution in [3.05, 3.63) is 29.8 Å². The lowest BCUT2D eigenvalue weighted by Crippen LogP contribution is -2.18. The van der Waals surface area contributed by atoms with Crippen LogP contribution in [0.5, 0.6) is 5.75 Å². The maximum Gasteiger partial charge on any atom is 0.338 e. The molecule has 148 valence electrons. The summed E-state index contributed by atoms with van der Waals surface area (Å²) in [6.07, 6.45) is 15.7. The van der Waals surface area contributed by atoms with Gasteiger partial charge in [0.2, 0.25) is 0 Å². The molecule has 0 radical (unpaired) electrons. The SMILES string of the molecule is CCCCCCCCCCC(CCCCC)OC(=O)c1ccc(O)cc1. The number of rotatable bonds is 15. The van der Waals surface area contributed by atoms with Gasteiger partial charge < -0.3 is 9.84 Å². The summed E-state index contributed by atoms with van der Waals surface area (Å²) in [7, 11) is 0. The van der Waals surface area contributed by atoms with Gasteiger partial charge >= 0.3 is 5.97 Å². The zero-order valence-corrected chi connectivity index (χ0v) is 16.8. The lowest BCUT2D eigenvalue weighted by Gasteiger charge is -2.18. The first-order chi connectivity index (χ1) is 12.7. The molecule has 26 heavy (non-hydrogen) atoms. The number of benzene rings is 1. The van der Waals surface area contributed by atoms with Gasteiger partial charge in [0.25, 0.3) is 0 Å². The van der Waals surface area contributed by atoms with E-state index in [4.69, 9.17) is 4.74 Å². The van der Waals surface area contributed by atoms with Crippen molar-refractivity contribution < 1.29 is 14.6 Å². The summed E-state index contributed by atoms with van der Waals surface area (Å²) in [5.41, 5.74) is 0.513. The van der Waals surface area contributed by atoms with E-state index in [0.717, 1.165) is 25.7 Å². The first-order valence-corrected chi connectivity index (χ1v) is 10.7. The van der Waals surface area contributed by atoms with Gasteiger partial charge in [0, 0.05) is 0 Å². The average molecular weight is 363 g/mol. The van der Waals surface area contributed by atoms with Gasteiger partial charge in [-0.2, -0.15) is 0 Å². The van der Waals surface area contributed by atoms with Crippen molar-refractivity contribution in [1.29, 1.82) is 0 Å². The van der Waals surface area contributed by atoms with Gasteiger partial charge in [0.15, 0.2) is 0 Å². The molecule has 1 aromatic rings. The number of phenols is 1. The summed E-state index contributed by atoms with van der Waals surface area (Å²) in [5.74, 6) is -0.106. The molecule has 0 bridgehead atoms. The molecule has 1 aromatic carbocycles. The molecule has 0 aliphatic carbocycles. The van der Waals surface area contributed by atoms with Gasteiger partial charge in [-0.15, -0.1) is 0 Å². The highest BCUT2D eigenvalue weighted by Gasteiger charge is 2.15. The van der Waals surface area contributed by atoms with Crippen molar-refractivity contribution >= 4 is 5.97 Å². The highest BCUT2D eigenvalue weighted by molar-refractivity contribution is 5.89. The van der Waals surface area contributed by atoms with Crippen LogP contribution in [0.4, 0.5) is 0 Å². The van der Waals surface area contributed by atoms with Crippen molar-refractivity contribution in [3.63, 3.8) is 0 Å². The maximum atomic E-state index is 12.3. The van der Waals surface area contributed by atoms with Crippen LogP contribution in [0, 0.1) is 0 Å². The standard InChI is InChI=1S/C23H38O3/c1-3-5-7-8-9-10-11-13-15-22(14-12-6-4-2)26-23(25)20-16-18-21(24)19-17-20/h16-19,22,24H,3-15H2,1-2H3. The van der Waals surface area contributed by atoms with E-state index in [1.54, 1.807) is 12.1 Å². The van der Waals surface area contributed by atoms with Gasteiger partial charge in [-0.1, -0.05) is 71.6 Å². The lowest BCUT2D eigenvalue weighted by molar-refractivity contribution is 0.0249. The Morgan fingerprint density at radius 1 is 0.808 bits per heavy atom. The molecule has 0 saturated heterocycles. The molecule has 0 aromatic heterocycles. The van der Waals surface area contributed by atoms with Crippen molar-refractivity contribution in [3.8, 4) is 5.75 Å². The molecule has 0 fully saturated rings. The monoisotopic (exact) mass is 362 g/mol. The van der Waals surface area contributed by atoms with E-state index in [0.29, 0.717) is 5.56 Å². The predicted molar refractivity (Wildman–Crippen MR) is 109 cm³/mol. The predicted octanol–water partition coefficient (Wildman–Crippen LogP) is 7.03. The summed E-state index contributed by atoms with van der Waals surface area (Å²) < 4.78 is 5.76. The molecule has 0 aliphatic heterocycles. The van der Waals surface area contributed by atoms with Crippen molar-refractivity contribution in [2.45, 2.75) is 103 Å². The minimum absolute atomic E-state index is 0.0166. The summed E-state index contributed by atoms with van der Waals surface area (Å²) in [6.45, 7) is 4.44. The molecule has 1 N–H and O–H groups in total. The fourth-order valence-corrected chi connectivity index (χ4v) is 3.21. The fourth-order valence-electron chi connectivity index (χ4n) is 3.21. The van der Waals surface area contributed by atoms with E-state index in [2.05, 4.69) is 13.8 Å². The summed E-state index contributed by atoms with van der Waals surface area (Å²) in [4.78, 5) is 12.3. The molecule has 0 saturated carbocycles. The normalized spacial score (nSPS) is 12.1. The van der Waals surface area contributed by atoms with Crippen LogP contribution in [0.3, 0.4) is 0 Å². The molecule has 0 spiro atoms. The Balaban J connectivity index is 2.33. The second kappa shape index (κ2) is 14.6. The Kier molecular flexibility index (Phi) is 12.7. The quantitative estimate of drug-likeness (QED) is 0.269. The van der Waals surface area contributed by atoms with E-state index in [1.165, 1.54) is 69.9 Å². The third-order valence-corrected chi connectivity index (χ3v) is 4.89. The highest BCUT2D eigenvalue weighted by Crippen LogP contribution is 2.18. The molecule has 1 rings (SSSR count). The van der Waals surface area contributed by atoms with Crippen molar-refractivity contribution in [1.82, 2.24) is 0 Å². The Morgan fingerprint density at radius 3 is 1.85 bits per heavy atom. The molecule has 3 nitrogen and oxygen atoms in total. The van der Waals surface area contributed by atoms with Gasteiger partial charge in [-0.05, 0) is 49.9 Å². The van der Waals surface area contributed by atoms with Crippen LogP contribution < -0.4 is 0 Å². The second-order valence-electron chi connectivity index (χ2n) is 7.33.